The molecule has 2 aliphatic heterocycles. The number of hydrogen-bond donors (Lipinski definition) is 1. The number of aromatic nitrogens is 1. The van der Waals surface area contributed by atoms with Gasteiger partial charge in [0.2, 0.25) is 0 Å². The number of aryl methyl sites for hydroxylation is 1. The third-order valence-corrected chi connectivity index (χ3v) is 5.36. The van der Waals surface area contributed by atoms with Gasteiger partial charge in [-0.3, -0.25) is 9.88 Å². The van der Waals surface area contributed by atoms with E-state index in [-0.39, 0.29) is 24.8 Å². The fraction of sp³-hybridized carbons (Fsp3) is 0.429. The lowest BCUT2D eigenvalue weighted by molar-refractivity contribution is -0.138. The number of hydrogen-bond acceptors (Lipinski definition) is 5. The number of ether oxygens (including phenoxy) is 2. The highest BCUT2D eigenvalue weighted by Gasteiger charge is 2.50. The summed E-state index contributed by atoms with van der Waals surface area (Å²) < 4.78 is 11.2. The standard InChI is InChI=1S/C21H24N2O4/c1-15-7-8-19(22-11-15)21(25)9-17-13-26-14-18(10-21)23(17)20(24)27-12-16-5-3-2-4-6-16/h2-8,11,17-18,25H,9-10,12-14H2,1H3. The molecule has 3 heterocycles. The largest absolute Gasteiger partial charge is 0.445 e. The van der Waals surface area contributed by atoms with Gasteiger partial charge in [0.15, 0.2) is 0 Å². The summed E-state index contributed by atoms with van der Waals surface area (Å²) in [5.41, 5.74) is 1.60. The number of carbonyl (C=O) groups excluding carboxylic acids is 1. The second-order valence-electron chi connectivity index (χ2n) is 7.45. The first kappa shape index (κ1) is 17.9. The Morgan fingerprint density at radius 3 is 2.56 bits per heavy atom. The molecule has 0 saturated carbocycles. The van der Waals surface area contributed by atoms with Crippen molar-refractivity contribution in [2.45, 2.75) is 44.1 Å². The Kier molecular flexibility index (Phi) is 4.85. The molecule has 6 nitrogen and oxygen atoms in total. The number of rotatable bonds is 3. The summed E-state index contributed by atoms with van der Waals surface area (Å²) in [6.45, 7) is 2.99. The van der Waals surface area contributed by atoms with Crippen molar-refractivity contribution in [3.8, 4) is 0 Å². The highest BCUT2D eigenvalue weighted by atomic mass is 16.6. The summed E-state index contributed by atoms with van der Waals surface area (Å²) in [4.78, 5) is 18.9. The zero-order valence-corrected chi connectivity index (χ0v) is 15.4. The molecule has 6 heteroatoms. The minimum absolute atomic E-state index is 0.228. The SMILES string of the molecule is Cc1ccc(C2(O)CC3COCC(C2)N3C(=O)OCc2ccccc2)nc1. The summed E-state index contributed by atoms with van der Waals surface area (Å²) in [5, 5.41) is 11.2. The average Bonchev–Trinajstić information content (AvgIpc) is 2.67. The molecule has 2 fully saturated rings. The van der Waals surface area contributed by atoms with Gasteiger partial charge in [0, 0.05) is 19.0 Å². The smallest absolute Gasteiger partial charge is 0.410 e. The fourth-order valence-electron chi connectivity index (χ4n) is 4.02. The van der Waals surface area contributed by atoms with Crippen LogP contribution in [0.3, 0.4) is 0 Å². The molecule has 2 aromatic rings. The quantitative estimate of drug-likeness (QED) is 0.902. The van der Waals surface area contributed by atoms with Crippen LogP contribution in [0.5, 0.6) is 0 Å². The summed E-state index contributed by atoms with van der Waals surface area (Å²) in [5.74, 6) is 0. The zero-order chi connectivity index (χ0) is 18.9. The maximum Gasteiger partial charge on any atom is 0.410 e. The van der Waals surface area contributed by atoms with Crippen LogP contribution in [0.4, 0.5) is 4.79 Å². The van der Waals surface area contributed by atoms with E-state index < -0.39 is 5.60 Å². The van der Waals surface area contributed by atoms with E-state index in [0.29, 0.717) is 31.7 Å². The van der Waals surface area contributed by atoms with Crippen molar-refractivity contribution in [1.29, 1.82) is 0 Å². The van der Waals surface area contributed by atoms with Crippen molar-refractivity contribution >= 4 is 6.09 Å². The zero-order valence-electron chi connectivity index (χ0n) is 15.4. The Labute approximate surface area is 158 Å². The van der Waals surface area contributed by atoms with Gasteiger partial charge in [0.05, 0.1) is 31.0 Å². The number of carbonyl (C=O) groups is 1. The van der Waals surface area contributed by atoms with Crippen molar-refractivity contribution < 1.29 is 19.4 Å². The van der Waals surface area contributed by atoms with E-state index in [4.69, 9.17) is 9.47 Å². The van der Waals surface area contributed by atoms with E-state index in [1.807, 2.05) is 49.4 Å². The van der Waals surface area contributed by atoms with Crippen LogP contribution in [-0.4, -0.2) is 46.4 Å². The Balaban J connectivity index is 1.48. The lowest BCUT2D eigenvalue weighted by Crippen LogP contribution is -2.62. The molecule has 1 amide bonds. The molecule has 2 unspecified atom stereocenters. The maximum atomic E-state index is 12.7. The van der Waals surface area contributed by atoms with E-state index in [2.05, 4.69) is 4.98 Å². The lowest BCUT2D eigenvalue weighted by Gasteiger charge is -2.50. The molecule has 1 aromatic heterocycles. The van der Waals surface area contributed by atoms with Gasteiger partial charge in [-0.1, -0.05) is 36.4 Å². The van der Waals surface area contributed by atoms with Crippen LogP contribution in [0, 0.1) is 6.92 Å². The van der Waals surface area contributed by atoms with Gasteiger partial charge in [-0.15, -0.1) is 0 Å². The van der Waals surface area contributed by atoms with E-state index in [0.717, 1.165) is 11.1 Å². The first-order valence-electron chi connectivity index (χ1n) is 9.27. The number of pyridine rings is 1. The molecule has 2 aliphatic rings. The van der Waals surface area contributed by atoms with Gasteiger partial charge < -0.3 is 14.6 Å². The highest BCUT2D eigenvalue weighted by Crippen LogP contribution is 2.40. The molecule has 0 radical (unpaired) electrons. The van der Waals surface area contributed by atoms with E-state index in [9.17, 15) is 9.90 Å². The van der Waals surface area contributed by atoms with Gasteiger partial charge in [0.25, 0.3) is 0 Å². The van der Waals surface area contributed by atoms with E-state index in [1.165, 1.54) is 0 Å². The number of morpholine rings is 1. The Morgan fingerprint density at radius 2 is 1.93 bits per heavy atom. The summed E-state index contributed by atoms with van der Waals surface area (Å²) >= 11 is 0. The third-order valence-electron chi connectivity index (χ3n) is 5.36. The lowest BCUT2D eigenvalue weighted by atomic mass is 9.79. The molecule has 142 valence electrons. The van der Waals surface area contributed by atoms with Crippen LogP contribution in [-0.2, 0) is 21.7 Å². The predicted molar refractivity (Wildman–Crippen MR) is 99.0 cm³/mol. The molecule has 2 saturated heterocycles. The van der Waals surface area contributed by atoms with Gasteiger partial charge in [-0.25, -0.2) is 4.79 Å². The summed E-state index contributed by atoms with van der Waals surface area (Å²) in [6.07, 6.45) is 2.19. The Hall–Kier alpha value is -2.44. The average molecular weight is 368 g/mol. The molecule has 4 rings (SSSR count). The second kappa shape index (κ2) is 7.29. The molecule has 1 N–H and O–H groups in total. The first-order chi connectivity index (χ1) is 13.0. The fourth-order valence-corrected chi connectivity index (χ4v) is 4.02. The van der Waals surface area contributed by atoms with Crippen LogP contribution >= 0.6 is 0 Å². The van der Waals surface area contributed by atoms with Crippen LogP contribution in [0.25, 0.3) is 0 Å². The number of amides is 1. The number of aliphatic hydroxyl groups is 1. The van der Waals surface area contributed by atoms with E-state index >= 15 is 0 Å². The number of piperidine rings is 1. The van der Waals surface area contributed by atoms with Gasteiger partial charge >= 0.3 is 6.09 Å². The minimum Gasteiger partial charge on any atom is -0.445 e. The number of nitrogens with zero attached hydrogens (tertiary/aromatic N) is 2. The van der Waals surface area contributed by atoms with Crippen molar-refractivity contribution in [2.75, 3.05) is 13.2 Å². The Bertz CT molecular complexity index is 780. The molecule has 1 aromatic carbocycles. The van der Waals surface area contributed by atoms with Gasteiger partial charge in [-0.05, 0) is 24.1 Å². The van der Waals surface area contributed by atoms with Gasteiger partial charge in [-0.2, -0.15) is 0 Å². The van der Waals surface area contributed by atoms with Crippen molar-refractivity contribution in [2.24, 2.45) is 0 Å². The number of benzene rings is 1. The first-order valence-corrected chi connectivity index (χ1v) is 9.27. The molecular weight excluding hydrogens is 344 g/mol. The van der Waals surface area contributed by atoms with Gasteiger partial charge in [0.1, 0.15) is 12.2 Å². The minimum atomic E-state index is -1.05. The van der Waals surface area contributed by atoms with Crippen LogP contribution in [0.15, 0.2) is 48.7 Å². The van der Waals surface area contributed by atoms with Crippen LogP contribution in [0.1, 0.15) is 29.7 Å². The summed E-state index contributed by atoms with van der Waals surface area (Å²) in [6, 6.07) is 13.0. The summed E-state index contributed by atoms with van der Waals surface area (Å²) in [7, 11) is 0. The molecule has 2 bridgehead atoms. The van der Waals surface area contributed by atoms with E-state index in [1.54, 1.807) is 11.1 Å². The normalized spacial score (nSPS) is 27.3. The predicted octanol–water partition coefficient (Wildman–Crippen LogP) is 2.78. The number of fused-ring (bicyclic) bond motifs is 2. The maximum absolute atomic E-state index is 12.7. The van der Waals surface area contributed by atoms with Crippen LogP contribution in [0.2, 0.25) is 0 Å². The molecule has 27 heavy (non-hydrogen) atoms. The molecule has 0 spiro atoms. The third kappa shape index (κ3) is 3.68. The van der Waals surface area contributed by atoms with Crippen molar-refractivity contribution in [3.05, 3.63) is 65.5 Å². The second-order valence-corrected chi connectivity index (χ2v) is 7.45. The highest BCUT2D eigenvalue weighted by molar-refractivity contribution is 5.69. The van der Waals surface area contributed by atoms with Crippen molar-refractivity contribution in [3.63, 3.8) is 0 Å². The monoisotopic (exact) mass is 368 g/mol. The van der Waals surface area contributed by atoms with Crippen LogP contribution < -0.4 is 0 Å². The Morgan fingerprint density at radius 1 is 1.22 bits per heavy atom. The topological polar surface area (TPSA) is 71.9 Å². The molecule has 0 aliphatic carbocycles. The molecular formula is C21H24N2O4. The van der Waals surface area contributed by atoms with Crippen molar-refractivity contribution in [1.82, 2.24) is 9.88 Å². The molecule has 2 atom stereocenters.